The van der Waals surface area contributed by atoms with Gasteiger partial charge in [-0.15, -0.1) is 11.3 Å². The van der Waals surface area contributed by atoms with Gasteiger partial charge in [-0.1, -0.05) is 0 Å². The molecule has 0 radical (unpaired) electrons. The second kappa shape index (κ2) is 5.75. The first-order chi connectivity index (χ1) is 10.4. The second-order valence-corrected chi connectivity index (χ2v) is 8.53. The van der Waals surface area contributed by atoms with E-state index in [1.54, 1.807) is 22.1 Å². The maximum Gasteiger partial charge on any atom is 0.260 e. The van der Waals surface area contributed by atoms with Crippen molar-refractivity contribution in [2.24, 2.45) is 0 Å². The zero-order chi connectivity index (χ0) is 15.9. The first-order valence-corrected chi connectivity index (χ1v) is 9.74. The normalized spacial score (nSPS) is 17.1. The van der Waals surface area contributed by atoms with Crippen molar-refractivity contribution < 1.29 is 8.42 Å². The highest BCUT2D eigenvalue weighted by atomic mass is 32.2. The van der Waals surface area contributed by atoms with Gasteiger partial charge in [0.15, 0.2) is 5.03 Å². The van der Waals surface area contributed by atoms with E-state index in [-0.39, 0.29) is 17.1 Å². The first-order valence-electron chi connectivity index (χ1n) is 7.38. The number of imidazole rings is 1. The smallest absolute Gasteiger partial charge is 0.260 e. The van der Waals surface area contributed by atoms with Gasteiger partial charge in [0, 0.05) is 23.5 Å². The Morgan fingerprint density at radius 2 is 2.09 bits per heavy atom. The summed E-state index contributed by atoms with van der Waals surface area (Å²) >= 11 is 1.61. The zero-order valence-corrected chi connectivity index (χ0v) is 14.5. The maximum absolute atomic E-state index is 12.4. The molecule has 8 heteroatoms. The van der Waals surface area contributed by atoms with E-state index in [4.69, 9.17) is 0 Å². The largest absolute Gasteiger partial charge is 0.334 e. The maximum atomic E-state index is 12.4. The van der Waals surface area contributed by atoms with Crippen molar-refractivity contribution in [1.82, 2.24) is 19.3 Å². The molecule has 1 atom stereocenters. The van der Waals surface area contributed by atoms with Crippen molar-refractivity contribution >= 4 is 21.4 Å². The molecule has 0 aliphatic heterocycles. The Morgan fingerprint density at radius 3 is 2.68 bits per heavy atom. The van der Waals surface area contributed by atoms with Crippen LogP contribution in [0, 0.1) is 0 Å². The van der Waals surface area contributed by atoms with Crippen molar-refractivity contribution in [2.75, 3.05) is 0 Å². The molecule has 0 unspecified atom stereocenters. The average molecular weight is 340 g/mol. The van der Waals surface area contributed by atoms with Crippen molar-refractivity contribution in [3.63, 3.8) is 0 Å². The summed E-state index contributed by atoms with van der Waals surface area (Å²) in [5.74, 6) is 0.587. The van der Waals surface area contributed by atoms with Gasteiger partial charge in [-0.3, -0.25) is 0 Å². The van der Waals surface area contributed by atoms with Crippen LogP contribution in [0.25, 0.3) is 0 Å². The molecule has 120 valence electrons. The van der Waals surface area contributed by atoms with Gasteiger partial charge in [0.05, 0.1) is 23.1 Å². The molecule has 0 bridgehead atoms. The van der Waals surface area contributed by atoms with Gasteiger partial charge in [0.1, 0.15) is 0 Å². The highest BCUT2D eigenvalue weighted by Gasteiger charge is 2.28. The van der Waals surface area contributed by atoms with Crippen LogP contribution in [0.3, 0.4) is 0 Å². The third-order valence-corrected chi connectivity index (χ3v) is 6.14. The van der Waals surface area contributed by atoms with Crippen molar-refractivity contribution in [3.05, 3.63) is 28.6 Å². The van der Waals surface area contributed by atoms with E-state index in [1.165, 1.54) is 19.2 Å². The molecule has 6 nitrogen and oxygen atoms in total. The number of hydrogen-bond acceptors (Lipinski definition) is 5. The van der Waals surface area contributed by atoms with E-state index in [1.807, 2.05) is 26.2 Å². The summed E-state index contributed by atoms with van der Waals surface area (Å²) in [6, 6.07) is -0.188. The van der Waals surface area contributed by atoms with Gasteiger partial charge >= 0.3 is 0 Å². The molecule has 2 heterocycles. The van der Waals surface area contributed by atoms with Gasteiger partial charge in [-0.2, -0.15) is 0 Å². The van der Waals surface area contributed by atoms with Crippen LogP contribution in [0.1, 0.15) is 62.3 Å². The SMILES string of the molecule is CC(C)n1cnc(S(=O)(=O)N[C@H](C)c2csc(C3CC3)n2)c1. The Hall–Kier alpha value is -1.25. The van der Waals surface area contributed by atoms with Crippen LogP contribution in [0.2, 0.25) is 0 Å². The highest BCUT2D eigenvalue weighted by Crippen LogP contribution is 2.41. The second-order valence-electron chi connectivity index (χ2n) is 5.98. The van der Waals surface area contributed by atoms with E-state index in [0.717, 1.165) is 10.7 Å². The van der Waals surface area contributed by atoms with Gasteiger partial charge in [-0.05, 0) is 33.6 Å². The van der Waals surface area contributed by atoms with Gasteiger partial charge in [0.25, 0.3) is 10.0 Å². The standard InChI is InChI=1S/C14H20N4O2S2/c1-9(2)18-6-13(15-8-18)22(19,20)17-10(3)12-7-21-14(16-12)11-4-5-11/h6-11,17H,4-5H2,1-3H3/t10-/m1/s1. The van der Waals surface area contributed by atoms with E-state index in [2.05, 4.69) is 14.7 Å². The van der Waals surface area contributed by atoms with E-state index < -0.39 is 10.0 Å². The summed E-state index contributed by atoms with van der Waals surface area (Å²) in [6.45, 7) is 5.76. The number of aromatic nitrogens is 3. The van der Waals surface area contributed by atoms with E-state index in [0.29, 0.717) is 5.92 Å². The Balaban J connectivity index is 1.74. The number of thiazole rings is 1. The van der Waals surface area contributed by atoms with Crippen LogP contribution in [0.4, 0.5) is 0 Å². The third-order valence-electron chi connectivity index (χ3n) is 3.69. The lowest BCUT2D eigenvalue weighted by Gasteiger charge is -2.10. The molecule has 1 saturated carbocycles. The lowest BCUT2D eigenvalue weighted by Crippen LogP contribution is -2.27. The molecular weight excluding hydrogens is 320 g/mol. The quantitative estimate of drug-likeness (QED) is 0.877. The van der Waals surface area contributed by atoms with Gasteiger partial charge < -0.3 is 4.57 Å². The lowest BCUT2D eigenvalue weighted by molar-refractivity contribution is 0.560. The monoisotopic (exact) mass is 340 g/mol. The van der Waals surface area contributed by atoms with Crippen LogP contribution in [-0.2, 0) is 10.0 Å². The summed E-state index contributed by atoms with van der Waals surface area (Å²) in [7, 11) is -3.63. The van der Waals surface area contributed by atoms with E-state index in [9.17, 15) is 8.42 Å². The average Bonchev–Trinajstić information content (AvgIpc) is 2.99. The molecular formula is C14H20N4O2S2. The van der Waals surface area contributed by atoms with Crippen molar-refractivity contribution in [2.45, 2.75) is 56.6 Å². The number of rotatable bonds is 6. The van der Waals surface area contributed by atoms with Crippen LogP contribution in [0.5, 0.6) is 0 Å². The van der Waals surface area contributed by atoms with Gasteiger partial charge in [0.2, 0.25) is 0 Å². The minimum atomic E-state index is -3.63. The van der Waals surface area contributed by atoms with Gasteiger partial charge in [-0.25, -0.2) is 23.1 Å². The molecule has 1 fully saturated rings. The van der Waals surface area contributed by atoms with Crippen LogP contribution in [0.15, 0.2) is 22.9 Å². The molecule has 2 aromatic heterocycles. The first kappa shape index (κ1) is 15.6. The molecule has 1 N–H and O–H groups in total. The minimum Gasteiger partial charge on any atom is -0.334 e. The molecule has 3 rings (SSSR count). The predicted octanol–water partition coefficient (Wildman–Crippen LogP) is 2.84. The Labute approximate surface area is 134 Å². The summed E-state index contributed by atoms with van der Waals surface area (Å²) in [5, 5.41) is 3.10. The molecule has 1 aliphatic carbocycles. The Bertz CT molecular complexity index is 759. The fourth-order valence-corrected chi connectivity index (χ4v) is 4.35. The summed E-state index contributed by atoms with van der Waals surface area (Å²) in [6.07, 6.45) is 5.48. The molecule has 0 saturated heterocycles. The molecule has 2 aromatic rings. The number of hydrogen-bond donors (Lipinski definition) is 1. The Morgan fingerprint density at radius 1 is 1.36 bits per heavy atom. The third kappa shape index (κ3) is 3.23. The van der Waals surface area contributed by atoms with E-state index >= 15 is 0 Å². The topological polar surface area (TPSA) is 76.9 Å². The fourth-order valence-electron chi connectivity index (χ4n) is 2.11. The molecule has 0 amide bonds. The summed E-state index contributed by atoms with van der Waals surface area (Å²) in [4.78, 5) is 8.54. The van der Waals surface area contributed by atoms with Crippen molar-refractivity contribution in [1.29, 1.82) is 0 Å². The zero-order valence-electron chi connectivity index (χ0n) is 12.9. The number of nitrogens with one attached hydrogen (secondary N) is 1. The molecule has 0 aromatic carbocycles. The van der Waals surface area contributed by atoms with Crippen LogP contribution >= 0.6 is 11.3 Å². The lowest BCUT2D eigenvalue weighted by atomic mass is 10.3. The van der Waals surface area contributed by atoms with Crippen molar-refractivity contribution in [3.8, 4) is 0 Å². The highest BCUT2D eigenvalue weighted by molar-refractivity contribution is 7.89. The van der Waals surface area contributed by atoms with Crippen LogP contribution < -0.4 is 4.72 Å². The number of nitrogens with zero attached hydrogens (tertiary/aromatic N) is 3. The molecule has 22 heavy (non-hydrogen) atoms. The van der Waals surface area contributed by atoms with Crippen LogP contribution in [-0.4, -0.2) is 23.0 Å². The fraction of sp³-hybridized carbons (Fsp3) is 0.571. The summed E-state index contributed by atoms with van der Waals surface area (Å²) in [5.41, 5.74) is 0.777. The molecule has 0 spiro atoms. The Kier molecular flexibility index (Phi) is 4.09. The minimum absolute atomic E-state index is 0.0469. The molecule has 1 aliphatic rings. The predicted molar refractivity (Wildman–Crippen MR) is 85.4 cm³/mol. The number of sulfonamides is 1. The summed E-state index contributed by atoms with van der Waals surface area (Å²) < 4.78 is 29.2.